The lowest BCUT2D eigenvalue weighted by Crippen LogP contribution is -2.71. The van der Waals surface area contributed by atoms with Crippen molar-refractivity contribution in [3.63, 3.8) is 0 Å². The maximum Gasteiger partial charge on any atom is 0.407 e. The number of aromatic nitrogens is 3. The van der Waals surface area contributed by atoms with E-state index in [9.17, 15) is 24.3 Å². The lowest BCUT2D eigenvalue weighted by atomic mass is 9.80. The molecule has 0 aliphatic carbocycles. The van der Waals surface area contributed by atoms with Crippen LogP contribution in [0.3, 0.4) is 0 Å². The molecule has 2 aliphatic rings. The van der Waals surface area contributed by atoms with E-state index in [1.54, 1.807) is 20.8 Å². The number of carbonyl (C=O) groups is 4. The zero-order valence-electron chi connectivity index (χ0n) is 32.6. The molecule has 3 amide bonds. The maximum atomic E-state index is 14.3. The zero-order valence-corrected chi connectivity index (χ0v) is 37.4. The van der Waals surface area contributed by atoms with Gasteiger partial charge in [0.1, 0.15) is 32.7 Å². The van der Waals surface area contributed by atoms with E-state index >= 15 is 0 Å². The normalized spacial score (nSPS) is 16.7. The molecule has 7 rings (SSSR count). The molecule has 1 saturated heterocycles. The minimum Gasteiger partial charge on any atom is -0.477 e. The molecule has 0 unspecified atom stereocenters. The van der Waals surface area contributed by atoms with Gasteiger partial charge >= 0.3 is 12.1 Å². The molecule has 5 aromatic rings. The second-order valence-corrected chi connectivity index (χ2v) is 20.5. The zero-order chi connectivity index (χ0) is 43.3. The number of β-lactam (4-membered cyclic amide) rings is 1. The number of hydrogen-bond acceptors (Lipinski definition) is 16. The monoisotopic (exact) mass is 936 g/mol. The van der Waals surface area contributed by atoms with Crippen LogP contribution in [0.4, 0.5) is 9.93 Å². The van der Waals surface area contributed by atoms with Crippen molar-refractivity contribution >= 4 is 104 Å². The van der Waals surface area contributed by atoms with Gasteiger partial charge in [0, 0.05) is 39.6 Å². The van der Waals surface area contributed by atoms with Gasteiger partial charge in [-0.1, -0.05) is 154 Å². The molecule has 21 heteroatoms. The molecule has 316 valence electrons. The molecule has 0 radical (unpaired) electrons. The highest BCUT2D eigenvalue weighted by atomic mass is 35.5. The number of nitrogens with two attached hydrogens (primary N) is 1. The Balaban J connectivity index is 1.11. The number of halogens is 1. The summed E-state index contributed by atoms with van der Waals surface area (Å²) in [4.78, 5) is 65.2. The Bertz CT molecular complexity index is 2390. The lowest BCUT2D eigenvalue weighted by molar-refractivity contribution is -0.150. The molecular formula is C40H37ClN8O7S5. The highest BCUT2D eigenvalue weighted by Gasteiger charge is 2.55. The number of amides is 3. The number of thioether (sulfide) groups is 3. The van der Waals surface area contributed by atoms with Crippen molar-refractivity contribution in [1.82, 2.24) is 30.7 Å². The topological polar surface area (TPSA) is 211 Å². The fraction of sp³-hybridized carbons (Fsp3) is 0.250. The molecule has 15 nitrogen and oxygen atoms in total. The minimum atomic E-state index is -1.37. The molecule has 2 atom stereocenters. The number of nitrogens with one attached hydrogen (secondary N) is 2. The number of nitrogens with zero attached hydrogens (tertiary/aromatic N) is 5. The van der Waals surface area contributed by atoms with Crippen molar-refractivity contribution in [2.45, 2.75) is 52.1 Å². The molecule has 0 saturated carbocycles. The summed E-state index contributed by atoms with van der Waals surface area (Å²) in [5, 5.41) is 28.0. The molecule has 61 heavy (non-hydrogen) atoms. The summed E-state index contributed by atoms with van der Waals surface area (Å²) in [6.45, 7) is 5.68. The number of aliphatic carboxylic acids is 1. The number of ether oxygens (including phenoxy) is 1. The number of carboxylic acids is 1. The second kappa shape index (κ2) is 18.9. The third-order valence-corrected chi connectivity index (χ3v) is 14.6. The smallest absolute Gasteiger partial charge is 0.407 e. The number of fused-ring (bicyclic) bond motifs is 1. The number of alkyl carbamates (subject to hydrolysis) is 1. The molecule has 0 spiro atoms. The van der Waals surface area contributed by atoms with E-state index in [1.165, 1.54) is 34.9 Å². The average Bonchev–Trinajstić information content (AvgIpc) is 3.84. The summed E-state index contributed by atoms with van der Waals surface area (Å²) in [6, 6.07) is 27.1. The van der Waals surface area contributed by atoms with Crippen LogP contribution in [-0.4, -0.2) is 89.8 Å². The van der Waals surface area contributed by atoms with Crippen LogP contribution >= 0.6 is 69.6 Å². The van der Waals surface area contributed by atoms with Crippen LogP contribution in [0.25, 0.3) is 0 Å². The van der Waals surface area contributed by atoms with Gasteiger partial charge in [-0.15, -0.1) is 22.0 Å². The number of carbonyl (C=O) groups excluding carboxylic acids is 3. The standard InChI is InChI=1S/C40H37ClN8O7S5/c1-39(2,3)55-36(54)43-19-20-57-37-46-47-38(61-37)59-25-21-58-33-28(32(51)49(33)29(25)34(52)53)44-31(50)27(26-30(41)60-35(42)45-26)48-56-40(22-13-7-4-8-14-22,23-15-9-5-10-16-23)24-17-11-6-12-18-24/h4-18,28,33H,19-21H2,1-3H3,(H2,42,45)(H,43,54)(H,44,50)(H,52,53)/t28-,33+/m1/s1. The van der Waals surface area contributed by atoms with Crippen molar-refractivity contribution in [3.05, 3.63) is 128 Å². The van der Waals surface area contributed by atoms with Gasteiger partial charge in [0.05, 0.1) is 0 Å². The van der Waals surface area contributed by atoms with Gasteiger partial charge in [0.15, 0.2) is 19.5 Å². The summed E-state index contributed by atoms with van der Waals surface area (Å²) in [5.41, 5.74) is 5.58. The van der Waals surface area contributed by atoms with Gasteiger partial charge < -0.3 is 31.0 Å². The van der Waals surface area contributed by atoms with Crippen LogP contribution in [0.2, 0.25) is 4.34 Å². The first-order valence-corrected chi connectivity index (χ1v) is 23.3. The molecule has 2 aromatic heterocycles. The molecular weight excluding hydrogens is 900 g/mol. The predicted molar refractivity (Wildman–Crippen MR) is 239 cm³/mol. The second-order valence-electron chi connectivity index (χ2n) is 14.1. The summed E-state index contributed by atoms with van der Waals surface area (Å²) in [6.07, 6.45) is -0.519. The van der Waals surface area contributed by atoms with Crippen LogP contribution < -0.4 is 16.4 Å². The Hall–Kier alpha value is -5.12. The van der Waals surface area contributed by atoms with Gasteiger partial charge in [-0.25, -0.2) is 14.6 Å². The number of thiazole rings is 1. The minimum absolute atomic E-state index is 0.0524. The van der Waals surface area contributed by atoms with Crippen molar-refractivity contribution in [3.8, 4) is 0 Å². The number of carboxylic acid groups (broad SMARTS) is 1. The number of hydrogen-bond donors (Lipinski definition) is 4. The van der Waals surface area contributed by atoms with Crippen molar-refractivity contribution in [2.75, 3.05) is 23.8 Å². The quantitative estimate of drug-likeness (QED) is 0.0207. The third kappa shape index (κ3) is 9.84. The predicted octanol–water partition coefficient (Wildman–Crippen LogP) is 7.05. The highest BCUT2D eigenvalue weighted by molar-refractivity contribution is 8.07. The van der Waals surface area contributed by atoms with Gasteiger partial charge in [-0.2, -0.15) is 0 Å². The fourth-order valence-electron chi connectivity index (χ4n) is 6.33. The van der Waals surface area contributed by atoms with E-state index in [0.717, 1.165) is 28.0 Å². The summed E-state index contributed by atoms with van der Waals surface area (Å²) < 4.78 is 6.41. The van der Waals surface area contributed by atoms with E-state index in [0.29, 0.717) is 42.6 Å². The van der Waals surface area contributed by atoms with Gasteiger partial charge in [0.25, 0.3) is 11.8 Å². The largest absolute Gasteiger partial charge is 0.477 e. The fourth-order valence-corrected chi connectivity index (χ4v) is 11.8. The van der Waals surface area contributed by atoms with E-state index < -0.39 is 46.5 Å². The highest BCUT2D eigenvalue weighted by Crippen LogP contribution is 2.46. The Morgan fingerprint density at radius 3 is 2.08 bits per heavy atom. The van der Waals surface area contributed by atoms with E-state index in [4.69, 9.17) is 26.9 Å². The Kier molecular flexibility index (Phi) is 13.6. The van der Waals surface area contributed by atoms with Crippen LogP contribution in [0, 0.1) is 0 Å². The van der Waals surface area contributed by atoms with Crippen LogP contribution in [0.1, 0.15) is 43.2 Å². The first-order valence-electron chi connectivity index (χ1n) is 18.4. The average molecular weight is 938 g/mol. The first-order chi connectivity index (χ1) is 29.2. The van der Waals surface area contributed by atoms with E-state index in [1.807, 2.05) is 91.0 Å². The van der Waals surface area contributed by atoms with Crippen molar-refractivity contribution in [1.29, 1.82) is 0 Å². The Morgan fingerprint density at radius 2 is 1.54 bits per heavy atom. The molecule has 1 fully saturated rings. The molecule has 4 heterocycles. The molecule has 2 aliphatic heterocycles. The third-order valence-electron chi connectivity index (χ3n) is 8.87. The number of rotatable bonds is 15. The molecule has 0 bridgehead atoms. The van der Waals surface area contributed by atoms with Gasteiger partial charge in [-0.05, 0) is 20.8 Å². The summed E-state index contributed by atoms with van der Waals surface area (Å²) in [7, 11) is 0. The maximum absolute atomic E-state index is 14.3. The number of benzene rings is 3. The Labute approximate surface area is 375 Å². The number of anilines is 1. The van der Waals surface area contributed by atoms with Crippen LogP contribution in [0.5, 0.6) is 0 Å². The van der Waals surface area contributed by atoms with Crippen molar-refractivity contribution in [2.24, 2.45) is 5.16 Å². The van der Waals surface area contributed by atoms with Crippen LogP contribution in [0.15, 0.2) is 115 Å². The SMILES string of the molecule is CC(C)(C)OC(=O)NCCSc1nnc(SC2=C(C(=O)O)N3C(=O)[C@@H](NC(=O)C(=NOC(c4ccccc4)(c4ccccc4)c4ccccc4)c4nc(N)sc4Cl)[C@@H]3SC2)s1. The van der Waals surface area contributed by atoms with Crippen LogP contribution in [-0.2, 0) is 29.6 Å². The number of nitrogen functional groups attached to an aromatic ring is 1. The Morgan fingerprint density at radius 1 is 0.951 bits per heavy atom. The molecule has 3 aromatic carbocycles. The molecule has 5 N–H and O–H groups in total. The number of oxime groups is 1. The summed E-state index contributed by atoms with van der Waals surface area (Å²) >= 11 is 12.6. The van der Waals surface area contributed by atoms with Gasteiger partial charge in [0.2, 0.25) is 5.60 Å². The first kappa shape index (κ1) is 44.0. The van der Waals surface area contributed by atoms with E-state index in [-0.39, 0.29) is 32.3 Å². The lowest BCUT2D eigenvalue weighted by Gasteiger charge is -2.49. The van der Waals surface area contributed by atoms with Gasteiger partial charge in [-0.3, -0.25) is 14.5 Å². The summed E-state index contributed by atoms with van der Waals surface area (Å²) in [5.74, 6) is -2.07. The van der Waals surface area contributed by atoms with Crippen molar-refractivity contribution < 1.29 is 33.9 Å². The van der Waals surface area contributed by atoms with E-state index in [2.05, 4.69) is 31.0 Å².